The molecular formula is C18H22N4O19P4+4. The average Bonchev–Trinajstić information content (AvgIpc) is 3.40. The average molecular weight is 722 g/mol. The van der Waals surface area contributed by atoms with Crippen LogP contribution in [0.5, 0.6) is 0 Å². The van der Waals surface area contributed by atoms with Crippen molar-refractivity contribution in [2.75, 3.05) is 13.2 Å². The summed E-state index contributed by atoms with van der Waals surface area (Å²) in [4.78, 5) is 50.1. The van der Waals surface area contributed by atoms with Crippen LogP contribution in [0.1, 0.15) is 12.5 Å². The molecule has 2 saturated heterocycles. The van der Waals surface area contributed by atoms with Crippen molar-refractivity contribution in [2.45, 2.75) is 49.1 Å². The number of rotatable bonds is 14. The molecule has 6 N–H and O–H groups in total. The third-order valence-corrected chi connectivity index (χ3v) is 9.93. The van der Waals surface area contributed by atoms with Crippen LogP contribution in [-0.4, -0.2) is 89.4 Å². The molecular weight excluding hydrogens is 700 g/mol. The lowest BCUT2D eigenvalue weighted by Crippen LogP contribution is -2.37. The molecule has 0 radical (unpaired) electrons. The van der Waals surface area contributed by atoms with Crippen LogP contribution in [0, 0.1) is 0 Å². The maximum Gasteiger partial charge on any atom is 0.798 e. The Morgan fingerprint density at radius 2 is 0.978 bits per heavy atom. The molecule has 0 aliphatic carbocycles. The van der Waals surface area contributed by atoms with Crippen molar-refractivity contribution in [1.82, 2.24) is 19.1 Å². The Morgan fingerprint density at radius 1 is 0.622 bits per heavy atom. The third kappa shape index (κ3) is 8.78. The summed E-state index contributed by atoms with van der Waals surface area (Å²) in [6.45, 7) is -1.48. The van der Waals surface area contributed by atoms with Gasteiger partial charge in [0.1, 0.15) is 49.8 Å². The molecule has 0 aromatic carbocycles. The van der Waals surface area contributed by atoms with E-state index in [2.05, 4.69) is 12.9 Å². The SMILES string of the molecule is O=c1ccn([C@@H]2O[C@H](CO[P+](=O)O[P+](=O)O[P+](=O)O[P+](=O)OC[C@H]3O[C@@H](n4ccc(=O)[nH]c4=O)[C@@H](O)C3O)C(O)[C@@H]2O)c(=O)[nH]1. The molecule has 2 aliphatic heterocycles. The Labute approximate surface area is 251 Å². The molecule has 2 aromatic rings. The van der Waals surface area contributed by atoms with Crippen LogP contribution in [0.25, 0.3) is 0 Å². The molecule has 0 saturated carbocycles. The van der Waals surface area contributed by atoms with Gasteiger partial charge in [-0.25, -0.2) is 9.59 Å². The molecule has 4 heterocycles. The lowest BCUT2D eigenvalue weighted by atomic mass is 10.1. The highest BCUT2D eigenvalue weighted by atomic mass is 31.2. The minimum Gasteiger partial charge on any atom is -0.387 e. The van der Waals surface area contributed by atoms with Gasteiger partial charge in [0.05, 0.1) is 0 Å². The Kier molecular flexibility index (Phi) is 11.9. The second-order valence-corrected chi connectivity index (χ2v) is 13.1. The molecule has 2 aromatic heterocycles. The number of nitrogens with zero attached hydrogens (tertiary/aromatic N) is 2. The number of aromatic amines is 2. The lowest BCUT2D eigenvalue weighted by Gasteiger charge is -2.16. The fraction of sp³-hybridized carbons (Fsp3) is 0.556. The normalized spacial score (nSPS) is 29.4. The zero-order valence-electron chi connectivity index (χ0n) is 21.9. The highest BCUT2D eigenvalue weighted by Gasteiger charge is 2.56. The van der Waals surface area contributed by atoms with Crippen molar-refractivity contribution in [3.8, 4) is 0 Å². The minimum atomic E-state index is -3.49. The Hall–Kier alpha value is -2.68. The number of nitrogens with one attached hydrogen (secondary N) is 2. The number of aromatic nitrogens is 4. The molecule has 0 amide bonds. The standard InChI is InChI=1S/C18H20N4O19P4/c23-9-1-3-21(17(29)19-9)15-13(27)11(25)7(37-15)5-35-42(31)39-44(33)41-45(34)40-43(32)36-6-8-12(26)14(28)16(38-8)22-4-2-10(24)20-18(22)30/h1-4,7-8,11-16,25-28H,5-6H2/q+2/p+2/t7-,8-,11?,12?,13+,14+,15-,16-/m1/s1. The van der Waals surface area contributed by atoms with Crippen LogP contribution in [0.4, 0.5) is 0 Å². The van der Waals surface area contributed by atoms with E-state index in [1.54, 1.807) is 0 Å². The zero-order chi connectivity index (χ0) is 33.0. The smallest absolute Gasteiger partial charge is 0.387 e. The van der Waals surface area contributed by atoms with Gasteiger partial charge < -0.3 is 29.9 Å². The molecule has 45 heavy (non-hydrogen) atoms. The molecule has 23 nitrogen and oxygen atoms in total. The molecule has 2 aliphatic rings. The van der Waals surface area contributed by atoms with Crippen molar-refractivity contribution in [2.24, 2.45) is 0 Å². The Balaban J connectivity index is 1.18. The van der Waals surface area contributed by atoms with Crippen LogP contribution in [0.2, 0.25) is 0 Å². The summed E-state index contributed by atoms with van der Waals surface area (Å²) in [5.74, 6) is 0. The molecule has 244 valence electrons. The van der Waals surface area contributed by atoms with Gasteiger partial charge in [0.25, 0.3) is 11.1 Å². The zero-order valence-corrected chi connectivity index (χ0v) is 25.5. The quantitative estimate of drug-likeness (QED) is 0.115. The molecule has 0 spiro atoms. The first-order chi connectivity index (χ1) is 21.2. The van der Waals surface area contributed by atoms with E-state index < -0.39 is 118 Å². The van der Waals surface area contributed by atoms with Crippen LogP contribution in [-0.2, 0) is 49.7 Å². The second kappa shape index (κ2) is 15.3. The monoisotopic (exact) mass is 722 g/mol. The fourth-order valence-electron chi connectivity index (χ4n) is 3.96. The summed E-state index contributed by atoms with van der Waals surface area (Å²) in [5, 5.41) is 40.6. The van der Waals surface area contributed by atoms with Crippen molar-refractivity contribution in [3.05, 3.63) is 66.2 Å². The fourth-order valence-corrected chi connectivity index (χ4v) is 6.95. The summed E-state index contributed by atoms with van der Waals surface area (Å²) in [6.07, 6.45) is -10.4. The van der Waals surface area contributed by atoms with Gasteiger partial charge in [-0.05, 0) is 0 Å². The number of ether oxygens (including phenoxy) is 2. The Bertz CT molecular complexity index is 1570. The van der Waals surface area contributed by atoms with Gasteiger partial charge in [-0.15, -0.1) is 9.05 Å². The lowest BCUT2D eigenvalue weighted by molar-refractivity contribution is -0.0517. The predicted octanol–water partition coefficient (Wildman–Crippen LogP) is -1.96. The predicted molar refractivity (Wildman–Crippen MR) is 140 cm³/mol. The Morgan fingerprint density at radius 3 is 1.33 bits per heavy atom. The van der Waals surface area contributed by atoms with Gasteiger partial charge in [-0.1, -0.05) is 0 Å². The van der Waals surface area contributed by atoms with E-state index in [1.807, 2.05) is 9.97 Å². The van der Waals surface area contributed by atoms with Crippen molar-refractivity contribution in [3.63, 3.8) is 0 Å². The molecule has 2 fully saturated rings. The summed E-state index contributed by atoms with van der Waals surface area (Å²) >= 11 is 0. The maximum absolute atomic E-state index is 11.9. The first-order valence-electron chi connectivity index (χ1n) is 12.1. The molecule has 0 bridgehead atoms. The van der Waals surface area contributed by atoms with Crippen molar-refractivity contribution in [1.29, 1.82) is 0 Å². The number of H-pyrrole nitrogens is 2. The van der Waals surface area contributed by atoms with Crippen LogP contribution in [0.3, 0.4) is 0 Å². The van der Waals surface area contributed by atoms with Gasteiger partial charge in [-0.3, -0.25) is 28.7 Å². The summed E-state index contributed by atoms with van der Waals surface area (Å²) < 4.78 is 82.3. The van der Waals surface area contributed by atoms with Crippen LogP contribution in [0.15, 0.2) is 43.7 Å². The van der Waals surface area contributed by atoms with Crippen LogP contribution >= 0.6 is 33.0 Å². The van der Waals surface area contributed by atoms with Gasteiger partial charge in [0, 0.05) is 42.8 Å². The van der Waals surface area contributed by atoms with Gasteiger partial charge >= 0.3 is 44.4 Å². The molecule has 12 atom stereocenters. The summed E-state index contributed by atoms with van der Waals surface area (Å²) in [6, 6.07) is 1.92. The van der Waals surface area contributed by atoms with E-state index in [0.29, 0.717) is 0 Å². The van der Waals surface area contributed by atoms with E-state index >= 15 is 0 Å². The summed E-state index contributed by atoms with van der Waals surface area (Å²) in [5.41, 5.74) is -3.35. The van der Waals surface area contributed by atoms with E-state index in [-0.39, 0.29) is 0 Å². The maximum atomic E-state index is 11.9. The molecule has 27 heteroatoms. The largest absolute Gasteiger partial charge is 0.798 e. The first-order valence-corrected chi connectivity index (χ1v) is 16.5. The third-order valence-electron chi connectivity index (χ3n) is 6.01. The highest BCUT2D eigenvalue weighted by Crippen LogP contribution is 2.51. The number of aliphatic hydroxyl groups excluding tert-OH is 4. The minimum absolute atomic E-state index is 0.723. The van der Waals surface area contributed by atoms with Gasteiger partial charge in [0.2, 0.25) is 0 Å². The highest BCUT2D eigenvalue weighted by molar-refractivity contribution is 7.56. The number of hydrogen-bond donors (Lipinski definition) is 6. The van der Waals surface area contributed by atoms with Gasteiger partial charge in [-0.2, -0.15) is 0 Å². The number of hydrogen-bond acceptors (Lipinski definition) is 19. The first kappa shape index (κ1) is 35.2. The van der Waals surface area contributed by atoms with Gasteiger partial charge in [0.15, 0.2) is 25.4 Å². The van der Waals surface area contributed by atoms with Crippen LogP contribution < -0.4 is 22.5 Å². The number of aliphatic hydroxyl groups is 4. The second-order valence-electron chi connectivity index (χ2n) is 8.86. The summed E-state index contributed by atoms with van der Waals surface area (Å²) in [7, 11) is -13.6. The molecule has 6 unspecified atom stereocenters. The van der Waals surface area contributed by atoms with E-state index in [9.17, 15) is 57.9 Å². The van der Waals surface area contributed by atoms with E-state index in [0.717, 1.165) is 33.7 Å². The molecule has 4 rings (SSSR count). The van der Waals surface area contributed by atoms with E-state index in [4.69, 9.17) is 18.5 Å². The van der Waals surface area contributed by atoms with Crippen molar-refractivity contribution >= 4 is 33.0 Å². The topological polar surface area (TPSA) is 324 Å². The van der Waals surface area contributed by atoms with E-state index in [1.165, 1.54) is 0 Å². The van der Waals surface area contributed by atoms with Crippen molar-refractivity contribution < 1.29 is 70.1 Å².